The van der Waals surface area contributed by atoms with Crippen LogP contribution in [0.25, 0.3) is 0 Å². The van der Waals surface area contributed by atoms with Crippen molar-refractivity contribution in [2.24, 2.45) is 0 Å². The molecular formula is C23H32N4O. The quantitative estimate of drug-likeness (QED) is 0.793. The highest BCUT2D eigenvalue weighted by Crippen LogP contribution is 2.28. The molecule has 1 aliphatic rings. The fourth-order valence-electron chi connectivity index (χ4n) is 3.79. The zero-order valence-corrected chi connectivity index (χ0v) is 17.8. The van der Waals surface area contributed by atoms with Gasteiger partial charge in [-0.3, -0.25) is 4.79 Å². The maximum Gasteiger partial charge on any atom is 0.219 e. The average Bonchev–Trinajstić information content (AvgIpc) is 2.68. The van der Waals surface area contributed by atoms with E-state index < -0.39 is 0 Å². The molecule has 150 valence electrons. The first-order valence-corrected chi connectivity index (χ1v) is 10.3. The molecule has 0 atom stereocenters. The summed E-state index contributed by atoms with van der Waals surface area (Å²) in [6.45, 7) is 13.4. The van der Waals surface area contributed by atoms with E-state index in [1.165, 1.54) is 16.7 Å². The maximum absolute atomic E-state index is 11.7. The third-order valence-corrected chi connectivity index (χ3v) is 5.43. The molecule has 1 aromatic heterocycles. The Kier molecular flexibility index (Phi) is 6.32. The molecule has 28 heavy (non-hydrogen) atoms. The maximum atomic E-state index is 11.7. The summed E-state index contributed by atoms with van der Waals surface area (Å²) in [6.07, 6.45) is 1.73. The van der Waals surface area contributed by atoms with Crippen molar-refractivity contribution < 1.29 is 4.79 Å². The molecule has 0 saturated carbocycles. The normalized spacial score (nSPS) is 14.6. The third kappa shape index (κ3) is 4.51. The average molecular weight is 381 g/mol. The number of benzene rings is 1. The lowest BCUT2D eigenvalue weighted by Crippen LogP contribution is -2.48. The molecule has 0 unspecified atom stereocenters. The summed E-state index contributed by atoms with van der Waals surface area (Å²) in [4.78, 5) is 25.9. The van der Waals surface area contributed by atoms with Crippen LogP contribution in [0.3, 0.4) is 0 Å². The van der Waals surface area contributed by atoms with Crippen LogP contribution in [0.1, 0.15) is 61.8 Å². The van der Waals surface area contributed by atoms with Crippen LogP contribution in [-0.4, -0.2) is 47.0 Å². The van der Waals surface area contributed by atoms with E-state index in [9.17, 15) is 4.79 Å². The second-order valence-electron chi connectivity index (χ2n) is 8.00. The minimum atomic E-state index is 0.152. The first-order chi connectivity index (χ1) is 13.4. The molecule has 5 heteroatoms. The highest BCUT2D eigenvalue weighted by Gasteiger charge is 2.24. The number of aryl methyl sites for hydroxylation is 2. The molecule has 1 aliphatic heterocycles. The Morgan fingerprint density at radius 1 is 1.14 bits per heavy atom. The van der Waals surface area contributed by atoms with E-state index in [1.807, 2.05) is 4.90 Å². The van der Waals surface area contributed by atoms with Gasteiger partial charge in [0.05, 0.1) is 0 Å². The van der Waals surface area contributed by atoms with Crippen molar-refractivity contribution in [2.45, 2.75) is 53.4 Å². The van der Waals surface area contributed by atoms with Crippen LogP contribution < -0.4 is 4.90 Å². The Hall–Kier alpha value is -2.43. The number of nitrogens with zero attached hydrogens (tertiary/aromatic N) is 4. The van der Waals surface area contributed by atoms with E-state index in [2.05, 4.69) is 56.9 Å². The van der Waals surface area contributed by atoms with Crippen LogP contribution in [0.4, 0.5) is 5.82 Å². The lowest BCUT2D eigenvalue weighted by Gasteiger charge is -2.36. The van der Waals surface area contributed by atoms with Crippen molar-refractivity contribution in [3.63, 3.8) is 0 Å². The first-order valence-electron chi connectivity index (χ1n) is 10.3. The number of hydrogen-bond donors (Lipinski definition) is 0. The summed E-state index contributed by atoms with van der Waals surface area (Å²) in [5.74, 6) is 2.41. The highest BCUT2D eigenvalue weighted by atomic mass is 16.2. The van der Waals surface area contributed by atoms with Gasteiger partial charge in [0.2, 0.25) is 5.91 Å². The number of carbonyl (C=O) groups excluding carboxylic acids is 1. The van der Waals surface area contributed by atoms with Gasteiger partial charge in [0.1, 0.15) is 11.6 Å². The SMILES string of the molecule is CCc1nc(C(C)C)nc(N2CCN(C(C)=O)CC2)c1Cc1cccc(C)c1. The standard InChI is InChI=1S/C23H32N4O/c1-6-21-20(15-19-9-7-8-17(4)14-19)23(25-22(24-21)16(2)3)27-12-10-26(11-13-27)18(5)28/h7-9,14,16H,6,10-13,15H2,1-5H3. The second-order valence-corrected chi connectivity index (χ2v) is 8.00. The molecule has 1 amide bonds. The molecule has 1 fully saturated rings. The lowest BCUT2D eigenvalue weighted by atomic mass is 10.00. The zero-order valence-electron chi connectivity index (χ0n) is 17.8. The Labute approximate surface area is 168 Å². The minimum absolute atomic E-state index is 0.152. The van der Waals surface area contributed by atoms with Crippen LogP contribution >= 0.6 is 0 Å². The molecule has 1 aromatic carbocycles. The van der Waals surface area contributed by atoms with Gasteiger partial charge < -0.3 is 9.80 Å². The van der Waals surface area contributed by atoms with Gasteiger partial charge in [0, 0.05) is 56.7 Å². The largest absolute Gasteiger partial charge is 0.353 e. The molecule has 0 spiro atoms. The molecule has 5 nitrogen and oxygen atoms in total. The highest BCUT2D eigenvalue weighted by molar-refractivity contribution is 5.73. The van der Waals surface area contributed by atoms with Gasteiger partial charge in [-0.1, -0.05) is 50.6 Å². The summed E-state index contributed by atoms with van der Waals surface area (Å²) in [7, 11) is 0. The van der Waals surface area contributed by atoms with Crippen LogP contribution in [0.2, 0.25) is 0 Å². The molecular weight excluding hydrogens is 348 g/mol. The van der Waals surface area contributed by atoms with Crippen molar-refractivity contribution in [3.8, 4) is 0 Å². The smallest absolute Gasteiger partial charge is 0.219 e. The van der Waals surface area contributed by atoms with E-state index in [1.54, 1.807) is 6.92 Å². The predicted octanol–water partition coefficient (Wildman–Crippen LogP) is 3.73. The predicted molar refractivity (Wildman–Crippen MR) is 114 cm³/mol. The first kappa shape index (κ1) is 20.3. The molecule has 0 aliphatic carbocycles. The van der Waals surface area contributed by atoms with Crippen molar-refractivity contribution in [1.29, 1.82) is 0 Å². The van der Waals surface area contributed by atoms with Gasteiger partial charge in [-0.2, -0.15) is 0 Å². The number of anilines is 1. The molecule has 2 heterocycles. The molecule has 2 aromatic rings. The zero-order chi connectivity index (χ0) is 20.3. The van der Waals surface area contributed by atoms with Gasteiger partial charge in [-0.25, -0.2) is 9.97 Å². The molecule has 0 radical (unpaired) electrons. The van der Waals surface area contributed by atoms with Crippen molar-refractivity contribution in [3.05, 3.63) is 52.5 Å². The topological polar surface area (TPSA) is 49.3 Å². The summed E-state index contributed by atoms with van der Waals surface area (Å²) < 4.78 is 0. The van der Waals surface area contributed by atoms with E-state index in [4.69, 9.17) is 9.97 Å². The number of rotatable bonds is 5. The van der Waals surface area contributed by atoms with E-state index in [0.29, 0.717) is 0 Å². The van der Waals surface area contributed by atoms with Crippen molar-refractivity contribution >= 4 is 11.7 Å². The summed E-state index contributed by atoms with van der Waals surface area (Å²) in [5, 5.41) is 0. The van der Waals surface area contributed by atoms with Crippen molar-refractivity contribution in [2.75, 3.05) is 31.1 Å². The third-order valence-electron chi connectivity index (χ3n) is 5.43. The summed E-state index contributed by atoms with van der Waals surface area (Å²) in [6, 6.07) is 8.67. The van der Waals surface area contributed by atoms with Crippen LogP contribution in [0, 0.1) is 6.92 Å². The van der Waals surface area contributed by atoms with Gasteiger partial charge >= 0.3 is 0 Å². The second kappa shape index (κ2) is 8.72. The lowest BCUT2D eigenvalue weighted by molar-refractivity contribution is -0.129. The monoisotopic (exact) mass is 380 g/mol. The number of aromatic nitrogens is 2. The van der Waals surface area contributed by atoms with Crippen LogP contribution in [0.5, 0.6) is 0 Å². The van der Waals surface area contributed by atoms with Gasteiger partial charge in [-0.15, -0.1) is 0 Å². The van der Waals surface area contributed by atoms with Gasteiger partial charge in [0.15, 0.2) is 0 Å². The molecule has 0 bridgehead atoms. The number of amides is 1. The van der Waals surface area contributed by atoms with Crippen molar-refractivity contribution in [1.82, 2.24) is 14.9 Å². The Morgan fingerprint density at radius 2 is 1.86 bits per heavy atom. The van der Waals surface area contributed by atoms with E-state index in [-0.39, 0.29) is 11.8 Å². The minimum Gasteiger partial charge on any atom is -0.353 e. The fraction of sp³-hybridized carbons (Fsp3) is 0.522. The molecule has 3 rings (SSSR count). The van der Waals surface area contributed by atoms with Gasteiger partial charge in [0.25, 0.3) is 0 Å². The van der Waals surface area contributed by atoms with Crippen LogP contribution in [0.15, 0.2) is 24.3 Å². The summed E-state index contributed by atoms with van der Waals surface area (Å²) in [5.41, 5.74) is 4.93. The number of carbonyl (C=O) groups is 1. The van der Waals surface area contributed by atoms with E-state index in [0.717, 1.165) is 56.4 Å². The molecule has 1 saturated heterocycles. The fourth-order valence-corrected chi connectivity index (χ4v) is 3.79. The number of piperazine rings is 1. The Morgan fingerprint density at radius 3 is 2.43 bits per heavy atom. The van der Waals surface area contributed by atoms with E-state index >= 15 is 0 Å². The molecule has 0 N–H and O–H groups in total. The summed E-state index contributed by atoms with van der Waals surface area (Å²) >= 11 is 0. The van der Waals surface area contributed by atoms with Crippen LogP contribution in [-0.2, 0) is 17.6 Å². The number of hydrogen-bond acceptors (Lipinski definition) is 4. The Bertz CT molecular complexity index is 838. The van der Waals surface area contributed by atoms with Gasteiger partial charge in [-0.05, 0) is 18.9 Å². The Balaban J connectivity index is 2.00.